The van der Waals surface area contributed by atoms with E-state index in [1.165, 1.54) is 4.57 Å². The summed E-state index contributed by atoms with van der Waals surface area (Å²) >= 11 is 0. The molecule has 18 aromatic rings. The van der Waals surface area contributed by atoms with Crippen molar-refractivity contribution < 1.29 is 31.5 Å². The average Bonchev–Trinajstić information content (AvgIpc) is 1.01. The van der Waals surface area contributed by atoms with Crippen molar-refractivity contribution in [1.29, 1.82) is 0 Å². The predicted molar refractivity (Wildman–Crippen MR) is 489 cm³/mol. The van der Waals surface area contributed by atoms with Crippen molar-refractivity contribution >= 4 is 101 Å². The number of rotatable bonds is 11. The van der Waals surface area contributed by atoms with E-state index in [0.717, 1.165) is 38.5 Å². The second-order valence-electron chi connectivity index (χ2n) is 33.9. The molecule has 0 spiro atoms. The molecule has 2 aliphatic rings. The van der Waals surface area contributed by atoms with Crippen LogP contribution in [-0.2, 0) is 21.7 Å². The molecule has 0 saturated heterocycles. The van der Waals surface area contributed by atoms with E-state index in [1.807, 2.05) is 117 Å². The number of benzene rings is 14. The van der Waals surface area contributed by atoms with Gasteiger partial charge in [-0.3, -0.25) is 0 Å². The molecule has 20 rings (SSSR count). The number of nitrogens with zero attached hydrogens (tertiary/aromatic N) is 10. The second kappa shape index (κ2) is 27.6. The Kier molecular flexibility index (Phi) is 12.1. The maximum Gasteiger partial charge on any atom is 0.252 e. The van der Waals surface area contributed by atoms with E-state index in [4.69, 9.17) is 39.5 Å². The van der Waals surface area contributed by atoms with Crippen molar-refractivity contribution in [2.75, 3.05) is 9.80 Å². The summed E-state index contributed by atoms with van der Waals surface area (Å²) < 4.78 is 222. The van der Waals surface area contributed by atoms with Crippen molar-refractivity contribution in [3.63, 3.8) is 0 Å². The lowest BCUT2D eigenvalue weighted by atomic mass is 9.33. The molecule has 0 unspecified atom stereocenters. The lowest BCUT2D eigenvalue weighted by Gasteiger charge is -2.45. The molecule has 0 N–H and O–H groups in total. The first-order chi connectivity index (χ1) is 66.1. The summed E-state index contributed by atoms with van der Waals surface area (Å²) in [6.07, 6.45) is 0. The third-order valence-corrected chi connectivity index (χ3v) is 22.3. The summed E-state index contributed by atoms with van der Waals surface area (Å²) in [4.78, 5) is 35.3. The molecule has 6 heterocycles. The van der Waals surface area contributed by atoms with Crippen molar-refractivity contribution in [3.8, 4) is 90.8 Å². The van der Waals surface area contributed by atoms with Crippen LogP contribution in [0.25, 0.3) is 134 Å². The third kappa shape index (κ3) is 12.6. The Bertz CT molecular complexity index is 8110. The van der Waals surface area contributed by atoms with Crippen LogP contribution in [0.15, 0.2) is 321 Å². The molecule has 14 aromatic carbocycles. The Morgan fingerprint density at radius 3 is 1.06 bits per heavy atom. The van der Waals surface area contributed by atoms with Crippen LogP contribution in [0.4, 0.5) is 34.1 Å². The van der Waals surface area contributed by atoms with E-state index < -0.39 is 179 Å². The Balaban J connectivity index is 1.02. The molecule has 2 aliphatic heterocycles. The molecular formula is C106H89BN10. The van der Waals surface area contributed by atoms with Crippen LogP contribution in [0, 0.1) is 0 Å². The molecule has 0 radical (unpaired) electrons. The fourth-order valence-electron chi connectivity index (χ4n) is 16.3. The van der Waals surface area contributed by atoms with Gasteiger partial charge in [-0.1, -0.05) is 313 Å². The Hall–Kier alpha value is -13.6. The highest BCUT2D eigenvalue weighted by Crippen LogP contribution is 2.53. The fourth-order valence-corrected chi connectivity index (χ4v) is 16.3. The zero-order chi connectivity index (χ0) is 100.0. The molecule has 0 atom stereocenters. The molecule has 0 bridgehead atoms. The van der Waals surface area contributed by atoms with Gasteiger partial charge < -0.3 is 18.9 Å². The highest BCUT2D eigenvalue weighted by atomic mass is 15.2. The summed E-state index contributed by atoms with van der Waals surface area (Å²) in [5, 5.41) is 1.44. The first-order valence-corrected chi connectivity index (χ1v) is 38.9. The van der Waals surface area contributed by atoms with Gasteiger partial charge in [-0.15, -0.1) is 0 Å². The Morgan fingerprint density at radius 1 is 0.256 bits per heavy atom. The number of anilines is 6. The SMILES string of the molecule is [2H]c1c([2H])c([2H])c(-c2ccc3c(c2)N(c2ccc(C(C)(C)C)cc2-c2nc(-c4c([2H])c([2H])c([2H])c([2H])c4[2H])nc(-c4c([2H])c([2H])c([2H])c([2H])c4[2H])n2)c2cc(-n4c5c([2H])c([2H])c([2H])c([2H])c5c5c([2H])c([2H])c([2H])c([2H])c54)cc4c2B3c2ccc(-n3c5ccc(C(C)(C)C)cc5c5cc(C(C)(C)C)ccc53)cc2N4c2ccc(C(C)(C)C)cc2-c2nc(-c3ccccc3)nc(-c3ccccc3)n2)c([2H])c1[2H]. The van der Waals surface area contributed by atoms with E-state index in [1.54, 1.807) is 30.3 Å². The molecule has 0 fully saturated rings. The summed E-state index contributed by atoms with van der Waals surface area (Å²) in [7, 11) is 0. The lowest BCUT2D eigenvalue weighted by Crippen LogP contribution is -2.61. The van der Waals surface area contributed by atoms with Crippen LogP contribution in [0.2, 0.25) is 0 Å². The average molecular weight is 1540 g/mol. The number of hydrogen-bond donors (Lipinski definition) is 0. The normalized spacial score (nSPS) is 15.7. The molecule has 566 valence electrons. The standard InChI is InChI=1S/C106H89BN10/c1-103(2,3)72-47-54-88-80(59-72)81-60-73(104(4,5)6)48-55-89(81)114(88)76-51-53-85-93(63-76)117(91-57-50-75(106(10,11)12)62-83(91)102-112-99(69-38-24-16-25-39-69)109-100(113-102)70-40-26-17-27-41-70)95-65-77(115-86-44-30-28-42-78(86)79-43-29-31-45-87(79)115)64-94-96(95)107(85)84-52-46-71(66-32-18-13-19-33-66)58-92(84)116(94)90-56-49-74(105(7,8)9)61-82(90)101-110-97(67-34-20-14-21-35-67)108-98(111-101)68-36-22-15-23-37-68/h13-65H,1-12H3/i13D,14D,15D,18D,19D,20D,21D,22D,23D,28D,29D,30D,31D,32D,33D,34D,35D,36D,37D,42D,43D,44D,45D. The van der Waals surface area contributed by atoms with Gasteiger partial charge in [-0.25, -0.2) is 29.9 Å². The molecule has 0 amide bonds. The lowest BCUT2D eigenvalue weighted by molar-refractivity contribution is 0.590. The first-order valence-electron chi connectivity index (χ1n) is 50.4. The summed E-state index contributed by atoms with van der Waals surface area (Å²) in [6.45, 7) is 24.1. The summed E-state index contributed by atoms with van der Waals surface area (Å²) in [5.41, 5.74) is 7.32. The molecule has 10 nitrogen and oxygen atoms in total. The van der Waals surface area contributed by atoms with Crippen molar-refractivity contribution in [2.24, 2.45) is 0 Å². The van der Waals surface area contributed by atoms with Crippen LogP contribution < -0.4 is 26.2 Å². The van der Waals surface area contributed by atoms with Gasteiger partial charge in [0.1, 0.15) is 0 Å². The van der Waals surface area contributed by atoms with E-state index in [0.29, 0.717) is 73.0 Å². The van der Waals surface area contributed by atoms with Gasteiger partial charge in [0, 0.05) is 83.4 Å². The number of para-hydroxylation sites is 2. The van der Waals surface area contributed by atoms with Gasteiger partial charge in [0.15, 0.2) is 34.9 Å². The monoisotopic (exact) mass is 1540 g/mol. The minimum atomic E-state index is -1.03. The largest absolute Gasteiger partial charge is 0.311 e. The maximum atomic E-state index is 10.3. The van der Waals surface area contributed by atoms with Gasteiger partial charge in [0.2, 0.25) is 0 Å². The fraction of sp³-hybridized carbons (Fsp3) is 0.151. The molecule has 4 aromatic heterocycles. The molecule has 0 aliphatic carbocycles. The third-order valence-electron chi connectivity index (χ3n) is 22.3. The van der Waals surface area contributed by atoms with Gasteiger partial charge in [0.25, 0.3) is 6.71 Å². The van der Waals surface area contributed by atoms with E-state index in [9.17, 15) is 21.9 Å². The van der Waals surface area contributed by atoms with E-state index in [-0.39, 0.29) is 83.7 Å². The number of hydrogen-bond acceptors (Lipinski definition) is 8. The zero-order valence-electron chi connectivity index (χ0n) is 89.4. The molecule has 0 saturated carbocycles. The van der Waals surface area contributed by atoms with Crippen LogP contribution in [0.3, 0.4) is 0 Å². The zero-order valence-corrected chi connectivity index (χ0v) is 66.4. The molecule has 117 heavy (non-hydrogen) atoms. The quantitative estimate of drug-likeness (QED) is 0.118. The smallest absolute Gasteiger partial charge is 0.252 e. The maximum absolute atomic E-state index is 10.3. The van der Waals surface area contributed by atoms with Gasteiger partial charge >= 0.3 is 0 Å². The van der Waals surface area contributed by atoms with Crippen LogP contribution in [0.5, 0.6) is 0 Å². The van der Waals surface area contributed by atoms with Crippen LogP contribution in [0.1, 0.15) is 137 Å². The first kappa shape index (κ1) is 51.3. The minimum absolute atomic E-state index is 0.00446. The van der Waals surface area contributed by atoms with Crippen molar-refractivity contribution in [3.05, 3.63) is 343 Å². The topological polar surface area (TPSA) is 93.7 Å². The summed E-state index contributed by atoms with van der Waals surface area (Å²) in [6, 6.07) is 42.3. The van der Waals surface area contributed by atoms with Crippen LogP contribution in [-0.4, -0.2) is 45.8 Å². The Labute approximate surface area is 717 Å². The number of fused-ring (bicyclic) bond motifs is 10. The highest BCUT2D eigenvalue weighted by molar-refractivity contribution is 7.00. The van der Waals surface area contributed by atoms with Gasteiger partial charge in [-0.2, -0.15) is 0 Å². The van der Waals surface area contributed by atoms with E-state index in [2.05, 4.69) is 132 Å². The van der Waals surface area contributed by atoms with Gasteiger partial charge in [0.05, 0.1) is 70.7 Å². The molecular weight excluding hydrogens is 1420 g/mol. The second-order valence-corrected chi connectivity index (χ2v) is 33.9. The summed E-state index contributed by atoms with van der Waals surface area (Å²) in [5.74, 6) is -0.725. The molecule has 11 heteroatoms. The Morgan fingerprint density at radius 2 is 0.615 bits per heavy atom. The van der Waals surface area contributed by atoms with Crippen molar-refractivity contribution in [2.45, 2.75) is 105 Å². The number of aromatic nitrogens is 8. The minimum Gasteiger partial charge on any atom is -0.311 e. The highest BCUT2D eigenvalue weighted by Gasteiger charge is 2.46. The predicted octanol–water partition coefficient (Wildman–Crippen LogP) is 25.2. The van der Waals surface area contributed by atoms with Crippen molar-refractivity contribution in [1.82, 2.24) is 39.0 Å². The van der Waals surface area contributed by atoms with Crippen LogP contribution >= 0.6 is 0 Å². The van der Waals surface area contributed by atoms with Gasteiger partial charge in [-0.05, 0) is 162 Å². The van der Waals surface area contributed by atoms with E-state index >= 15 is 0 Å².